The standard InChI is InChI=1S/C20H29N3O5S/c1-29(26,27)22-10-8-21(9-11-22)16-4-6-19(7-5-16)28-14-15-12-17-2-3-18(13-15)23(17)20(24)25/h4-7,15,17-18H,2-3,8-14H2,1H3,(H,24,25)/t15?,17-,18+. The van der Waals surface area contributed by atoms with Gasteiger partial charge in [-0.15, -0.1) is 0 Å². The van der Waals surface area contributed by atoms with Crippen LogP contribution in [0.2, 0.25) is 0 Å². The van der Waals surface area contributed by atoms with Crippen LogP contribution in [-0.2, 0) is 10.0 Å². The molecule has 0 aliphatic carbocycles. The number of amides is 1. The van der Waals surface area contributed by atoms with E-state index in [-0.39, 0.29) is 12.1 Å². The topological polar surface area (TPSA) is 90.4 Å². The molecule has 160 valence electrons. The first kappa shape index (κ1) is 20.3. The van der Waals surface area contributed by atoms with Crippen molar-refractivity contribution in [2.24, 2.45) is 5.92 Å². The fourth-order valence-electron chi connectivity index (χ4n) is 4.98. The molecule has 1 N–H and O–H groups in total. The molecule has 0 spiro atoms. The van der Waals surface area contributed by atoms with Gasteiger partial charge in [0.1, 0.15) is 5.75 Å². The van der Waals surface area contributed by atoms with Crippen molar-refractivity contribution in [2.45, 2.75) is 37.8 Å². The lowest BCUT2D eigenvalue weighted by Crippen LogP contribution is -2.48. The summed E-state index contributed by atoms with van der Waals surface area (Å²) in [5, 5.41) is 9.36. The Morgan fingerprint density at radius 2 is 1.66 bits per heavy atom. The van der Waals surface area contributed by atoms with Crippen LogP contribution in [0.25, 0.3) is 0 Å². The van der Waals surface area contributed by atoms with Crippen molar-refractivity contribution in [3.8, 4) is 5.75 Å². The van der Waals surface area contributed by atoms with Gasteiger partial charge in [-0.1, -0.05) is 0 Å². The molecule has 1 unspecified atom stereocenters. The van der Waals surface area contributed by atoms with E-state index < -0.39 is 16.1 Å². The molecule has 3 saturated heterocycles. The number of nitrogens with zero attached hydrogens (tertiary/aromatic N) is 3. The van der Waals surface area contributed by atoms with Gasteiger partial charge in [-0.2, -0.15) is 4.31 Å². The highest BCUT2D eigenvalue weighted by Crippen LogP contribution is 2.38. The van der Waals surface area contributed by atoms with Gasteiger partial charge in [0.2, 0.25) is 10.0 Å². The number of sulfonamides is 1. The van der Waals surface area contributed by atoms with Crippen molar-refractivity contribution < 1.29 is 23.1 Å². The summed E-state index contributed by atoms with van der Waals surface area (Å²) in [6.45, 7) is 2.99. The van der Waals surface area contributed by atoms with E-state index in [9.17, 15) is 18.3 Å². The number of carboxylic acid groups (broad SMARTS) is 1. The third-order valence-electron chi connectivity index (χ3n) is 6.45. The second kappa shape index (κ2) is 8.02. The predicted molar refractivity (Wildman–Crippen MR) is 110 cm³/mol. The Morgan fingerprint density at radius 1 is 1.07 bits per heavy atom. The van der Waals surface area contributed by atoms with Gasteiger partial charge in [0.25, 0.3) is 0 Å². The second-order valence-corrected chi connectivity index (χ2v) is 10.3. The normalized spacial score (nSPS) is 27.8. The molecule has 3 atom stereocenters. The summed E-state index contributed by atoms with van der Waals surface area (Å²) in [4.78, 5) is 15.2. The fourth-order valence-corrected chi connectivity index (χ4v) is 5.81. The Balaban J connectivity index is 1.27. The van der Waals surface area contributed by atoms with Crippen LogP contribution in [0.15, 0.2) is 24.3 Å². The molecule has 1 amide bonds. The van der Waals surface area contributed by atoms with Crippen LogP contribution in [0.1, 0.15) is 25.7 Å². The van der Waals surface area contributed by atoms with Gasteiger partial charge in [-0.3, -0.25) is 0 Å². The number of piperidine rings is 1. The molecular weight excluding hydrogens is 394 g/mol. The lowest BCUT2D eigenvalue weighted by Gasteiger charge is -2.37. The number of benzene rings is 1. The maximum atomic E-state index is 11.6. The predicted octanol–water partition coefficient (Wildman–Crippen LogP) is 2.07. The Labute approximate surface area is 172 Å². The number of rotatable bonds is 5. The molecule has 0 radical (unpaired) electrons. The van der Waals surface area contributed by atoms with E-state index in [1.54, 1.807) is 4.90 Å². The lowest BCUT2D eigenvalue weighted by atomic mass is 9.92. The maximum Gasteiger partial charge on any atom is 0.407 e. The van der Waals surface area contributed by atoms with E-state index in [1.165, 1.54) is 10.6 Å². The summed E-state index contributed by atoms with van der Waals surface area (Å²) in [6, 6.07) is 8.24. The molecular formula is C20H29N3O5S. The van der Waals surface area contributed by atoms with Gasteiger partial charge in [-0.05, 0) is 55.9 Å². The van der Waals surface area contributed by atoms with E-state index in [0.29, 0.717) is 38.7 Å². The summed E-state index contributed by atoms with van der Waals surface area (Å²) in [7, 11) is -3.12. The summed E-state index contributed by atoms with van der Waals surface area (Å²) >= 11 is 0. The molecule has 4 rings (SSSR count). The summed E-state index contributed by atoms with van der Waals surface area (Å²) < 4.78 is 30.8. The van der Waals surface area contributed by atoms with Crippen LogP contribution in [0.3, 0.4) is 0 Å². The van der Waals surface area contributed by atoms with Crippen LogP contribution in [0.4, 0.5) is 10.5 Å². The van der Waals surface area contributed by atoms with Crippen LogP contribution >= 0.6 is 0 Å². The molecule has 1 aromatic carbocycles. The molecule has 3 heterocycles. The van der Waals surface area contributed by atoms with Crippen molar-refractivity contribution in [3.05, 3.63) is 24.3 Å². The Kier molecular flexibility index (Phi) is 5.61. The molecule has 0 saturated carbocycles. The third kappa shape index (κ3) is 4.45. The van der Waals surface area contributed by atoms with E-state index in [1.807, 2.05) is 24.3 Å². The minimum absolute atomic E-state index is 0.146. The zero-order chi connectivity index (χ0) is 20.6. The number of carbonyl (C=O) groups is 1. The molecule has 3 aliphatic rings. The summed E-state index contributed by atoms with van der Waals surface area (Å²) in [5.41, 5.74) is 1.07. The minimum atomic E-state index is -3.12. The molecule has 2 bridgehead atoms. The molecule has 3 aliphatic heterocycles. The molecule has 0 aromatic heterocycles. The van der Waals surface area contributed by atoms with Crippen molar-refractivity contribution in [3.63, 3.8) is 0 Å². The van der Waals surface area contributed by atoms with Crippen molar-refractivity contribution >= 4 is 21.8 Å². The van der Waals surface area contributed by atoms with Crippen molar-refractivity contribution in [1.29, 1.82) is 0 Å². The largest absolute Gasteiger partial charge is 0.493 e. The van der Waals surface area contributed by atoms with Gasteiger partial charge in [-0.25, -0.2) is 13.2 Å². The summed E-state index contributed by atoms with van der Waals surface area (Å²) in [5.74, 6) is 1.21. The van der Waals surface area contributed by atoms with Gasteiger partial charge in [0, 0.05) is 44.0 Å². The van der Waals surface area contributed by atoms with Crippen LogP contribution < -0.4 is 9.64 Å². The summed E-state index contributed by atoms with van der Waals surface area (Å²) in [6.07, 6.45) is 4.16. The number of anilines is 1. The zero-order valence-electron chi connectivity index (χ0n) is 16.7. The van der Waals surface area contributed by atoms with E-state index in [4.69, 9.17) is 4.74 Å². The number of hydrogen-bond donors (Lipinski definition) is 1. The highest BCUT2D eigenvalue weighted by Gasteiger charge is 2.43. The smallest absolute Gasteiger partial charge is 0.407 e. The van der Waals surface area contributed by atoms with E-state index in [0.717, 1.165) is 37.1 Å². The molecule has 3 fully saturated rings. The molecule has 29 heavy (non-hydrogen) atoms. The number of hydrogen-bond acceptors (Lipinski definition) is 5. The van der Waals surface area contributed by atoms with Gasteiger partial charge in [0.15, 0.2) is 0 Å². The van der Waals surface area contributed by atoms with Crippen molar-refractivity contribution in [2.75, 3.05) is 43.9 Å². The average Bonchev–Trinajstić information content (AvgIpc) is 2.97. The molecule has 9 heteroatoms. The third-order valence-corrected chi connectivity index (χ3v) is 7.75. The van der Waals surface area contributed by atoms with Gasteiger partial charge < -0.3 is 19.6 Å². The first-order chi connectivity index (χ1) is 13.8. The van der Waals surface area contributed by atoms with Crippen molar-refractivity contribution in [1.82, 2.24) is 9.21 Å². The van der Waals surface area contributed by atoms with Gasteiger partial charge >= 0.3 is 6.09 Å². The lowest BCUT2D eigenvalue weighted by molar-refractivity contribution is 0.0713. The van der Waals surface area contributed by atoms with Gasteiger partial charge in [0.05, 0.1) is 12.9 Å². The fraction of sp³-hybridized carbons (Fsp3) is 0.650. The monoisotopic (exact) mass is 423 g/mol. The molecule has 1 aromatic rings. The Morgan fingerprint density at radius 3 is 2.17 bits per heavy atom. The van der Waals surface area contributed by atoms with Crippen LogP contribution in [0, 0.1) is 5.92 Å². The van der Waals surface area contributed by atoms with Crippen LogP contribution in [-0.4, -0.2) is 79.9 Å². The van der Waals surface area contributed by atoms with Crippen LogP contribution in [0.5, 0.6) is 5.75 Å². The quantitative estimate of drug-likeness (QED) is 0.780. The minimum Gasteiger partial charge on any atom is -0.493 e. The SMILES string of the molecule is CS(=O)(=O)N1CCN(c2ccc(OCC3C[C@H]4CC[C@@H](C3)N4C(=O)O)cc2)CC1. The average molecular weight is 424 g/mol. The maximum absolute atomic E-state index is 11.6. The Hall–Kier alpha value is -2.00. The highest BCUT2D eigenvalue weighted by atomic mass is 32.2. The number of piperazine rings is 1. The van der Waals surface area contributed by atoms with E-state index in [2.05, 4.69) is 4.90 Å². The molecule has 8 nitrogen and oxygen atoms in total. The zero-order valence-corrected chi connectivity index (χ0v) is 17.6. The Bertz CT molecular complexity index is 822. The second-order valence-electron chi connectivity index (χ2n) is 8.37. The number of fused-ring (bicyclic) bond motifs is 2. The first-order valence-electron chi connectivity index (χ1n) is 10.3. The first-order valence-corrected chi connectivity index (χ1v) is 12.1. The van der Waals surface area contributed by atoms with E-state index >= 15 is 0 Å². The number of ether oxygens (including phenoxy) is 1. The highest BCUT2D eigenvalue weighted by molar-refractivity contribution is 7.88.